The van der Waals surface area contributed by atoms with Crippen LogP contribution in [0.1, 0.15) is 56.2 Å². The molecule has 2 unspecified atom stereocenters. The fraction of sp³-hybridized carbons (Fsp3) is 0.519. The van der Waals surface area contributed by atoms with Gasteiger partial charge in [0.15, 0.2) is 6.29 Å². The van der Waals surface area contributed by atoms with E-state index < -0.39 is 37.3 Å². The Hall–Kier alpha value is -2.33. The van der Waals surface area contributed by atoms with E-state index >= 15 is 0 Å². The number of ether oxygens (including phenoxy) is 3. The predicted molar refractivity (Wildman–Crippen MR) is 134 cm³/mol. The van der Waals surface area contributed by atoms with Crippen molar-refractivity contribution in [1.82, 2.24) is 0 Å². The van der Waals surface area contributed by atoms with E-state index in [1.54, 1.807) is 0 Å². The molecule has 2 aromatic carbocycles. The molecule has 1 aliphatic rings. The van der Waals surface area contributed by atoms with E-state index in [-0.39, 0.29) is 13.2 Å². The van der Waals surface area contributed by atoms with Crippen LogP contribution in [0.5, 0.6) is 5.75 Å². The molecule has 3 rings (SSSR count). The van der Waals surface area contributed by atoms with E-state index in [4.69, 9.17) is 19.2 Å². The summed E-state index contributed by atoms with van der Waals surface area (Å²) in [5, 5.41) is 38.9. The van der Waals surface area contributed by atoms with Crippen molar-refractivity contribution in [3.05, 3.63) is 59.2 Å². The molecule has 0 spiro atoms. The Morgan fingerprint density at radius 2 is 1.51 bits per heavy atom. The molecule has 5 atom stereocenters. The first-order valence-electron chi connectivity index (χ1n) is 12.0. The van der Waals surface area contributed by atoms with Crippen LogP contribution < -0.4 is 4.74 Å². The number of hydrogen-bond donors (Lipinski definition) is 4. The summed E-state index contributed by atoms with van der Waals surface area (Å²) in [5.41, 5.74) is 4.44. The van der Waals surface area contributed by atoms with E-state index in [1.165, 1.54) is 11.1 Å². The third-order valence-electron chi connectivity index (χ3n) is 6.05. The quantitative estimate of drug-likeness (QED) is 0.300. The van der Waals surface area contributed by atoms with Crippen LogP contribution in [0.2, 0.25) is 0 Å². The minimum Gasteiger partial charge on any atom is -0.491 e. The van der Waals surface area contributed by atoms with Crippen LogP contribution in [0.25, 0.3) is 0 Å². The number of aliphatic imine (C=N–C) groups is 1. The summed E-state index contributed by atoms with van der Waals surface area (Å²) in [4.78, 5) is 4.83. The molecule has 1 saturated heterocycles. The van der Waals surface area contributed by atoms with Crippen LogP contribution in [0.4, 0.5) is 5.69 Å². The summed E-state index contributed by atoms with van der Waals surface area (Å²) in [5.74, 6) is 1.40. The maximum absolute atomic E-state index is 10.0. The predicted octanol–water partition coefficient (Wildman–Crippen LogP) is 2.88. The highest BCUT2D eigenvalue weighted by Gasteiger charge is 2.43. The summed E-state index contributed by atoms with van der Waals surface area (Å²) in [6.45, 7) is 8.45. The molecular formula is C27H37NO7. The SMILES string of the molecule is CC(C)c1cccc(C(C)C)c1N=Cc1ccc(OCCO[C@H]2OC(CO)[C@@H](O)[C@H](O)C2O)cc1. The zero-order valence-electron chi connectivity index (χ0n) is 20.7. The molecule has 0 aromatic heterocycles. The highest BCUT2D eigenvalue weighted by molar-refractivity contribution is 5.83. The molecule has 35 heavy (non-hydrogen) atoms. The Kier molecular flexibility index (Phi) is 9.80. The van der Waals surface area contributed by atoms with E-state index in [2.05, 4.69) is 45.9 Å². The number of aliphatic hydroxyl groups excluding tert-OH is 4. The molecule has 2 aromatic rings. The van der Waals surface area contributed by atoms with Crippen LogP contribution >= 0.6 is 0 Å². The molecule has 0 aliphatic carbocycles. The minimum atomic E-state index is -1.47. The third-order valence-corrected chi connectivity index (χ3v) is 6.05. The average molecular weight is 488 g/mol. The Bertz CT molecular complexity index is 932. The van der Waals surface area contributed by atoms with Crippen LogP contribution in [-0.4, -0.2) is 77.2 Å². The van der Waals surface area contributed by atoms with Gasteiger partial charge in [0.1, 0.15) is 36.8 Å². The van der Waals surface area contributed by atoms with Crippen molar-refractivity contribution in [1.29, 1.82) is 0 Å². The van der Waals surface area contributed by atoms with Crippen molar-refractivity contribution in [2.45, 2.75) is 70.2 Å². The number of aliphatic hydroxyl groups is 4. The molecule has 4 N–H and O–H groups in total. The monoisotopic (exact) mass is 487 g/mol. The Labute approximate surface area is 206 Å². The average Bonchev–Trinajstić information content (AvgIpc) is 2.85. The summed E-state index contributed by atoms with van der Waals surface area (Å²) < 4.78 is 16.4. The lowest BCUT2D eigenvalue weighted by molar-refractivity contribution is -0.301. The second kappa shape index (κ2) is 12.6. The standard InChI is InChI=1S/C27H37NO7/c1-16(2)20-6-5-7-21(17(3)4)23(20)28-14-18-8-10-19(11-9-18)33-12-13-34-27-26(32)25(31)24(30)22(15-29)35-27/h5-11,14,16-17,22,24-27,29-32H,12-13,15H2,1-4H3/t22?,24-,25+,26?,27+/m1/s1. The maximum Gasteiger partial charge on any atom is 0.186 e. The van der Waals surface area contributed by atoms with E-state index in [0.717, 1.165) is 11.3 Å². The highest BCUT2D eigenvalue weighted by atomic mass is 16.7. The lowest BCUT2D eigenvalue weighted by Gasteiger charge is -2.39. The largest absolute Gasteiger partial charge is 0.491 e. The maximum atomic E-state index is 10.0. The Morgan fingerprint density at radius 3 is 2.09 bits per heavy atom. The number of rotatable bonds is 10. The molecular weight excluding hydrogens is 450 g/mol. The van der Waals surface area contributed by atoms with Crippen molar-refractivity contribution < 1.29 is 34.6 Å². The van der Waals surface area contributed by atoms with Crippen LogP contribution in [0.3, 0.4) is 0 Å². The zero-order chi connectivity index (χ0) is 25.5. The highest BCUT2D eigenvalue weighted by Crippen LogP contribution is 2.34. The summed E-state index contributed by atoms with van der Waals surface area (Å²) in [6, 6.07) is 13.9. The van der Waals surface area contributed by atoms with Crippen LogP contribution in [0.15, 0.2) is 47.5 Å². The van der Waals surface area contributed by atoms with Gasteiger partial charge in [0.05, 0.1) is 18.9 Å². The number of nitrogens with zero attached hydrogens (tertiary/aromatic N) is 1. The summed E-state index contributed by atoms with van der Waals surface area (Å²) >= 11 is 0. The molecule has 0 saturated carbocycles. The van der Waals surface area contributed by atoms with Gasteiger partial charge in [0.25, 0.3) is 0 Å². The third kappa shape index (κ3) is 6.88. The number of benzene rings is 2. The molecule has 0 amide bonds. The zero-order valence-corrected chi connectivity index (χ0v) is 20.7. The minimum absolute atomic E-state index is 0.0792. The van der Waals surface area contributed by atoms with Gasteiger partial charge in [-0.25, -0.2) is 0 Å². The van der Waals surface area contributed by atoms with Gasteiger partial charge in [-0.2, -0.15) is 0 Å². The summed E-state index contributed by atoms with van der Waals surface area (Å²) in [7, 11) is 0. The van der Waals surface area contributed by atoms with Gasteiger partial charge in [-0.3, -0.25) is 4.99 Å². The lowest BCUT2D eigenvalue weighted by atomic mass is 9.93. The molecule has 8 heteroatoms. The first kappa shape index (κ1) is 27.3. The normalized spacial score (nSPS) is 25.0. The van der Waals surface area contributed by atoms with Gasteiger partial charge in [0.2, 0.25) is 0 Å². The van der Waals surface area contributed by atoms with Gasteiger partial charge in [-0.05, 0) is 52.8 Å². The topological polar surface area (TPSA) is 121 Å². The van der Waals surface area contributed by atoms with Gasteiger partial charge >= 0.3 is 0 Å². The van der Waals surface area contributed by atoms with Gasteiger partial charge in [-0.15, -0.1) is 0 Å². The molecule has 1 aliphatic heterocycles. The Morgan fingerprint density at radius 1 is 0.886 bits per heavy atom. The fourth-order valence-electron chi connectivity index (χ4n) is 3.98. The molecule has 0 bridgehead atoms. The lowest BCUT2D eigenvalue weighted by Crippen LogP contribution is -2.59. The van der Waals surface area contributed by atoms with Crippen molar-refractivity contribution in [3.8, 4) is 5.75 Å². The first-order chi connectivity index (χ1) is 16.7. The second-order valence-electron chi connectivity index (χ2n) is 9.34. The molecule has 1 fully saturated rings. The molecule has 192 valence electrons. The first-order valence-corrected chi connectivity index (χ1v) is 12.0. The van der Waals surface area contributed by atoms with Crippen molar-refractivity contribution in [2.75, 3.05) is 19.8 Å². The van der Waals surface area contributed by atoms with Crippen LogP contribution in [0, 0.1) is 0 Å². The molecule has 0 radical (unpaired) electrons. The van der Waals surface area contributed by atoms with Gasteiger partial charge in [0, 0.05) is 6.21 Å². The Balaban J connectivity index is 1.55. The van der Waals surface area contributed by atoms with Crippen LogP contribution in [-0.2, 0) is 9.47 Å². The summed E-state index contributed by atoms with van der Waals surface area (Å²) in [6.07, 6.45) is -4.62. The smallest absolute Gasteiger partial charge is 0.186 e. The van der Waals surface area contributed by atoms with Crippen molar-refractivity contribution in [2.24, 2.45) is 4.99 Å². The number of hydrogen-bond acceptors (Lipinski definition) is 8. The van der Waals surface area contributed by atoms with Crippen molar-refractivity contribution in [3.63, 3.8) is 0 Å². The van der Waals surface area contributed by atoms with E-state index in [1.807, 2.05) is 30.5 Å². The van der Waals surface area contributed by atoms with Gasteiger partial charge in [-0.1, -0.05) is 45.9 Å². The second-order valence-corrected chi connectivity index (χ2v) is 9.34. The molecule has 8 nitrogen and oxygen atoms in total. The van der Waals surface area contributed by atoms with E-state index in [0.29, 0.717) is 17.6 Å². The van der Waals surface area contributed by atoms with Crippen molar-refractivity contribution >= 4 is 11.9 Å². The fourth-order valence-corrected chi connectivity index (χ4v) is 3.98. The molecule has 1 heterocycles. The van der Waals surface area contributed by atoms with Gasteiger partial charge < -0.3 is 34.6 Å². The number of para-hydroxylation sites is 1. The van der Waals surface area contributed by atoms with E-state index in [9.17, 15) is 20.4 Å².